The van der Waals surface area contributed by atoms with Gasteiger partial charge in [-0.3, -0.25) is 23.6 Å². The van der Waals surface area contributed by atoms with Crippen LogP contribution in [0.25, 0.3) is 16.9 Å². The molecule has 2 aliphatic rings. The lowest BCUT2D eigenvalue weighted by molar-refractivity contribution is -0.141. The van der Waals surface area contributed by atoms with Gasteiger partial charge in [0.15, 0.2) is 17.2 Å². The Balaban J connectivity index is 1.13. The van der Waals surface area contributed by atoms with Crippen LogP contribution in [0.5, 0.6) is 0 Å². The number of imidazole rings is 1. The van der Waals surface area contributed by atoms with Crippen LogP contribution in [0, 0.1) is 0 Å². The molecule has 0 saturated carbocycles. The summed E-state index contributed by atoms with van der Waals surface area (Å²) in [4.78, 5) is 37.8. The van der Waals surface area contributed by atoms with Crippen molar-refractivity contribution < 1.29 is 31.5 Å². The molecule has 1 aromatic carbocycles. The van der Waals surface area contributed by atoms with E-state index in [0.717, 1.165) is 25.7 Å². The topological polar surface area (TPSA) is 125 Å². The molecule has 1 atom stereocenters. The van der Waals surface area contributed by atoms with Crippen LogP contribution in [-0.4, -0.2) is 104 Å². The Morgan fingerprint density at radius 1 is 1.13 bits per heavy atom. The summed E-state index contributed by atoms with van der Waals surface area (Å²) in [6.07, 6.45) is -2.07. The van der Waals surface area contributed by atoms with Crippen molar-refractivity contribution in [2.24, 2.45) is 0 Å². The van der Waals surface area contributed by atoms with Gasteiger partial charge in [-0.15, -0.1) is 0 Å². The molecule has 250 valence electrons. The number of hydrogen-bond acceptors (Lipinski definition) is 8. The second-order valence-electron chi connectivity index (χ2n) is 11.3. The molecular formula is C29H30ClF5N10O2. The normalized spacial score (nSPS) is 17.5. The number of carbonyl (C=O) groups excluding carboxylic acids is 2. The highest BCUT2D eigenvalue weighted by Gasteiger charge is 2.38. The minimum Gasteiger partial charge on any atom is -0.351 e. The fourth-order valence-corrected chi connectivity index (χ4v) is 5.96. The van der Waals surface area contributed by atoms with Crippen molar-refractivity contribution in [3.63, 3.8) is 0 Å². The van der Waals surface area contributed by atoms with Crippen molar-refractivity contribution in [3.05, 3.63) is 59.3 Å². The predicted molar refractivity (Wildman–Crippen MR) is 162 cm³/mol. The molecule has 18 heteroatoms. The molecule has 2 amide bonds. The highest BCUT2D eigenvalue weighted by atomic mass is 35.5. The lowest BCUT2D eigenvalue weighted by Gasteiger charge is -2.34. The Labute approximate surface area is 269 Å². The van der Waals surface area contributed by atoms with E-state index in [4.69, 9.17) is 11.6 Å². The summed E-state index contributed by atoms with van der Waals surface area (Å²) < 4.78 is 68.9. The van der Waals surface area contributed by atoms with Crippen molar-refractivity contribution >= 4 is 40.6 Å². The van der Waals surface area contributed by atoms with E-state index in [-0.39, 0.29) is 52.1 Å². The number of anilines is 2. The number of nitrogens with one attached hydrogen (secondary N) is 3. The fraction of sp³-hybridized carbons (Fsp3) is 0.414. The summed E-state index contributed by atoms with van der Waals surface area (Å²) in [5.74, 6) is -0.117. The molecule has 4 aromatic rings. The van der Waals surface area contributed by atoms with Crippen molar-refractivity contribution in [1.82, 2.24) is 44.6 Å². The third-order valence-electron chi connectivity index (χ3n) is 7.97. The van der Waals surface area contributed by atoms with E-state index in [0.29, 0.717) is 36.5 Å². The maximum atomic E-state index is 13.8. The zero-order valence-electron chi connectivity index (χ0n) is 24.8. The van der Waals surface area contributed by atoms with Crippen molar-refractivity contribution in [3.8, 4) is 11.3 Å². The molecule has 3 N–H and O–H groups in total. The first-order valence-corrected chi connectivity index (χ1v) is 15.2. The van der Waals surface area contributed by atoms with Gasteiger partial charge in [-0.05, 0) is 31.2 Å². The first kappa shape index (κ1) is 32.6. The van der Waals surface area contributed by atoms with Gasteiger partial charge in [-0.1, -0.05) is 11.6 Å². The number of alkyl halides is 5. The number of carbonyl (C=O) groups is 2. The lowest BCUT2D eigenvalue weighted by Crippen LogP contribution is -2.52. The molecule has 0 unspecified atom stereocenters. The second kappa shape index (κ2) is 13.4. The van der Waals surface area contributed by atoms with Crippen molar-refractivity contribution in [1.29, 1.82) is 0 Å². The van der Waals surface area contributed by atoms with Gasteiger partial charge < -0.3 is 20.9 Å². The van der Waals surface area contributed by atoms with Crippen LogP contribution in [0.4, 0.5) is 33.5 Å². The van der Waals surface area contributed by atoms with E-state index in [9.17, 15) is 31.5 Å². The number of fused-ring (bicyclic) bond motifs is 1. The molecule has 12 nitrogen and oxygen atoms in total. The quantitative estimate of drug-likeness (QED) is 0.230. The van der Waals surface area contributed by atoms with E-state index in [1.54, 1.807) is 17.0 Å². The van der Waals surface area contributed by atoms with Gasteiger partial charge >= 0.3 is 6.18 Å². The third-order valence-corrected chi connectivity index (χ3v) is 8.29. The van der Waals surface area contributed by atoms with Crippen LogP contribution in [0.1, 0.15) is 22.5 Å². The molecule has 2 fully saturated rings. The number of amides is 2. The van der Waals surface area contributed by atoms with Crippen LogP contribution in [0.3, 0.4) is 0 Å². The molecule has 0 radical (unpaired) electrons. The molecule has 0 bridgehead atoms. The standard InChI is InChI=1S/C29H30ClF5N10O2/c30-21-11-17(1-2-19(21)28(47)43-9-7-42(8-10-43)16-24(46)39-18-3-4-36-12-18)40-26-27-38-13-22(45(27)6-5-37-26)20-14-44(15-23(31)32)41-25(20)29(33,34)35/h1-2,5-6,11,13-14,18,23,36H,3-4,7-10,12,15-16H2,(H,37,40)(H,39,46)/t18-/m1/s1. The summed E-state index contributed by atoms with van der Waals surface area (Å²) in [5.41, 5.74) is -0.886. The zero-order valence-corrected chi connectivity index (χ0v) is 25.5. The van der Waals surface area contributed by atoms with Crippen LogP contribution in [0.15, 0.2) is 43.0 Å². The van der Waals surface area contributed by atoms with Crippen LogP contribution >= 0.6 is 11.6 Å². The van der Waals surface area contributed by atoms with Gasteiger partial charge in [0.05, 0.1) is 34.6 Å². The maximum Gasteiger partial charge on any atom is 0.435 e. The molecule has 3 aromatic heterocycles. The molecule has 0 spiro atoms. The minimum atomic E-state index is -4.90. The van der Waals surface area contributed by atoms with E-state index < -0.39 is 30.4 Å². The van der Waals surface area contributed by atoms with E-state index in [1.807, 2.05) is 4.90 Å². The molecule has 2 aliphatic heterocycles. The Morgan fingerprint density at radius 2 is 1.91 bits per heavy atom. The maximum absolute atomic E-state index is 13.8. The van der Waals surface area contributed by atoms with Crippen LogP contribution < -0.4 is 16.0 Å². The lowest BCUT2D eigenvalue weighted by atomic mass is 10.1. The number of nitrogens with zero attached hydrogens (tertiary/aromatic N) is 7. The Kier molecular flexibility index (Phi) is 9.29. The van der Waals surface area contributed by atoms with E-state index >= 15 is 0 Å². The SMILES string of the molecule is O=C(CN1CCN(C(=O)c2ccc(Nc3nccn4c(-c5cn(CC(F)F)nc5C(F)(F)F)cnc34)cc2Cl)CC1)N[C@@H]1CCNC1. The Bertz CT molecular complexity index is 1760. The summed E-state index contributed by atoms with van der Waals surface area (Å²) in [5, 5.41) is 12.8. The van der Waals surface area contributed by atoms with Gasteiger partial charge in [-0.25, -0.2) is 18.7 Å². The number of benzene rings is 1. The number of aromatic nitrogens is 5. The second-order valence-corrected chi connectivity index (χ2v) is 11.7. The Morgan fingerprint density at radius 3 is 2.60 bits per heavy atom. The summed E-state index contributed by atoms with van der Waals surface area (Å²) in [6.45, 7) is 2.87. The number of halogens is 6. The number of rotatable bonds is 9. The van der Waals surface area contributed by atoms with Gasteiger partial charge in [0, 0.05) is 63.0 Å². The summed E-state index contributed by atoms with van der Waals surface area (Å²) in [6, 6.07) is 4.85. The molecule has 5 heterocycles. The van der Waals surface area contributed by atoms with Gasteiger partial charge in [0.1, 0.15) is 6.54 Å². The highest BCUT2D eigenvalue weighted by Crippen LogP contribution is 2.37. The molecule has 6 rings (SSSR count). The fourth-order valence-electron chi connectivity index (χ4n) is 5.70. The molecule has 2 saturated heterocycles. The zero-order chi connectivity index (χ0) is 33.3. The molecule has 47 heavy (non-hydrogen) atoms. The largest absolute Gasteiger partial charge is 0.435 e. The van der Waals surface area contributed by atoms with Crippen molar-refractivity contribution in [2.45, 2.75) is 31.6 Å². The van der Waals surface area contributed by atoms with Gasteiger partial charge in [0.25, 0.3) is 12.3 Å². The van der Waals surface area contributed by atoms with Gasteiger partial charge in [-0.2, -0.15) is 18.3 Å². The average molecular weight is 681 g/mol. The van der Waals surface area contributed by atoms with Crippen LogP contribution in [0.2, 0.25) is 5.02 Å². The van der Waals surface area contributed by atoms with E-state index in [2.05, 4.69) is 31.0 Å². The molecule has 0 aliphatic carbocycles. The van der Waals surface area contributed by atoms with Crippen molar-refractivity contribution in [2.75, 3.05) is 51.1 Å². The number of hydrogen-bond donors (Lipinski definition) is 3. The highest BCUT2D eigenvalue weighted by molar-refractivity contribution is 6.34. The van der Waals surface area contributed by atoms with Crippen LogP contribution in [-0.2, 0) is 17.5 Å². The van der Waals surface area contributed by atoms with E-state index in [1.165, 1.54) is 29.1 Å². The minimum absolute atomic E-state index is 0.0240. The first-order chi connectivity index (χ1) is 22.5. The predicted octanol–water partition coefficient (Wildman–Crippen LogP) is 3.51. The Hall–Kier alpha value is -4.35. The smallest absolute Gasteiger partial charge is 0.351 e. The van der Waals surface area contributed by atoms with Gasteiger partial charge in [0.2, 0.25) is 5.91 Å². The summed E-state index contributed by atoms with van der Waals surface area (Å²) in [7, 11) is 0. The monoisotopic (exact) mass is 680 g/mol. The average Bonchev–Trinajstić information content (AvgIpc) is 3.77. The number of piperazine rings is 1. The molecular weight excluding hydrogens is 651 g/mol. The first-order valence-electron chi connectivity index (χ1n) is 14.8. The third kappa shape index (κ3) is 7.31. The summed E-state index contributed by atoms with van der Waals surface area (Å²) >= 11 is 6.52.